The van der Waals surface area contributed by atoms with E-state index in [0.29, 0.717) is 16.9 Å². The first kappa shape index (κ1) is 20.1. The number of rotatable bonds is 6. The van der Waals surface area contributed by atoms with Gasteiger partial charge in [-0.3, -0.25) is 9.78 Å². The summed E-state index contributed by atoms with van der Waals surface area (Å²) in [5.74, 6) is -0.758. The number of nitrogens with one attached hydrogen (secondary N) is 2. The number of nitrogens with zero attached hydrogens (tertiary/aromatic N) is 1. The highest BCUT2D eigenvalue weighted by atomic mass is 16.5. The maximum absolute atomic E-state index is 12.6. The molecule has 1 amide bonds. The lowest BCUT2D eigenvalue weighted by atomic mass is 10.1. The van der Waals surface area contributed by atoms with Crippen LogP contribution in [0.4, 0.5) is 17.1 Å². The quantitative estimate of drug-likeness (QED) is 0.596. The summed E-state index contributed by atoms with van der Waals surface area (Å²) in [5, 5.41) is 6.19. The van der Waals surface area contributed by atoms with Crippen molar-refractivity contribution in [3.05, 3.63) is 83.2 Å². The Kier molecular flexibility index (Phi) is 6.24. The molecule has 1 aromatic heterocycles. The zero-order chi connectivity index (χ0) is 20.8. The van der Waals surface area contributed by atoms with Crippen molar-refractivity contribution >= 4 is 28.9 Å². The molecule has 0 unspecified atom stereocenters. The summed E-state index contributed by atoms with van der Waals surface area (Å²) in [6, 6.07) is 16.2. The maximum Gasteiger partial charge on any atom is 0.337 e. The van der Waals surface area contributed by atoms with E-state index in [1.54, 1.807) is 36.5 Å². The van der Waals surface area contributed by atoms with Crippen LogP contribution < -0.4 is 10.6 Å². The van der Waals surface area contributed by atoms with Gasteiger partial charge < -0.3 is 15.4 Å². The van der Waals surface area contributed by atoms with E-state index in [1.807, 2.05) is 25.1 Å². The van der Waals surface area contributed by atoms with Gasteiger partial charge in [-0.25, -0.2) is 4.79 Å². The van der Waals surface area contributed by atoms with Crippen molar-refractivity contribution in [3.8, 4) is 0 Å². The minimum absolute atomic E-state index is 0.290. The average Bonchev–Trinajstić information content (AvgIpc) is 2.75. The van der Waals surface area contributed by atoms with Crippen LogP contribution in [0.2, 0.25) is 0 Å². The van der Waals surface area contributed by atoms with Gasteiger partial charge in [-0.05, 0) is 60.9 Å². The van der Waals surface area contributed by atoms with Crippen molar-refractivity contribution in [2.75, 3.05) is 17.7 Å². The Morgan fingerprint density at radius 1 is 1.03 bits per heavy atom. The average molecular weight is 389 g/mol. The van der Waals surface area contributed by atoms with Crippen molar-refractivity contribution in [2.24, 2.45) is 0 Å². The number of hydrogen-bond donors (Lipinski definition) is 2. The van der Waals surface area contributed by atoms with E-state index >= 15 is 0 Å². The number of aromatic nitrogens is 1. The van der Waals surface area contributed by atoms with E-state index in [9.17, 15) is 9.59 Å². The van der Waals surface area contributed by atoms with Crippen LogP contribution in [0.3, 0.4) is 0 Å². The Balaban J connectivity index is 1.75. The number of ether oxygens (including phenoxy) is 1. The van der Waals surface area contributed by atoms with Crippen molar-refractivity contribution < 1.29 is 14.3 Å². The summed E-state index contributed by atoms with van der Waals surface area (Å²) < 4.78 is 4.67. The predicted octanol–water partition coefficient (Wildman–Crippen LogP) is 4.73. The first-order valence-corrected chi connectivity index (χ1v) is 9.33. The number of carbonyl (C=O) groups excluding carboxylic acids is 2. The van der Waals surface area contributed by atoms with Crippen LogP contribution in [-0.4, -0.2) is 24.0 Å². The molecular formula is C23H23N3O3. The Hall–Kier alpha value is -3.67. The summed E-state index contributed by atoms with van der Waals surface area (Å²) >= 11 is 0. The molecule has 3 aromatic rings. The molecule has 1 heterocycles. The molecule has 0 saturated heterocycles. The van der Waals surface area contributed by atoms with Crippen LogP contribution in [0.5, 0.6) is 0 Å². The first-order valence-electron chi connectivity index (χ1n) is 9.33. The normalized spacial score (nSPS) is 10.3. The molecule has 0 saturated carbocycles. The van der Waals surface area contributed by atoms with Crippen molar-refractivity contribution in [2.45, 2.75) is 20.3 Å². The lowest BCUT2D eigenvalue weighted by Crippen LogP contribution is -2.14. The Morgan fingerprint density at radius 3 is 2.48 bits per heavy atom. The summed E-state index contributed by atoms with van der Waals surface area (Å²) in [4.78, 5) is 28.3. The highest BCUT2D eigenvalue weighted by Crippen LogP contribution is 2.25. The van der Waals surface area contributed by atoms with Crippen molar-refractivity contribution in [3.63, 3.8) is 0 Å². The molecule has 29 heavy (non-hydrogen) atoms. The van der Waals surface area contributed by atoms with Crippen molar-refractivity contribution in [1.29, 1.82) is 0 Å². The molecule has 6 nitrogen and oxygen atoms in total. The molecule has 2 N–H and O–H groups in total. The number of amides is 1. The van der Waals surface area contributed by atoms with Crippen LogP contribution >= 0.6 is 0 Å². The Morgan fingerprint density at radius 2 is 1.79 bits per heavy atom. The summed E-state index contributed by atoms with van der Waals surface area (Å²) in [5.41, 5.74) is 5.45. The number of anilines is 3. The van der Waals surface area contributed by atoms with E-state index < -0.39 is 5.97 Å². The predicted molar refractivity (Wildman–Crippen MR) is 114 cm³/mol. The molecule has 0 aliphatic rings. The van der Waals surface area contributed by atoms with Gasteiger partial charge in [0, 0.05) is 23.3 Å². The fraction of sp³-hybridized carbons (Fsp3) is 0.174. The second-order valence-corrected chi connectivity index (χ2v) is 6.54. The number of carbonyl (C=O) groups is 2. The number of hydrogen-bond acceptors (Lipinski definition) is 5. The lowest BCUT2D eigenvalue weighted by molar-refractivity contribution is 0.0600. The van der Waals surface area contributed by atoms with Crippen LogP contribution in [0.15, 0.2) is 60.8 Å². The van der Waals surface area contributed by atoms with E-state index in [-0.39, 0.29) is 5.91 Å². The van der Waals surface area contributed by atoms with Crippen LogP contribution in [-0.2, 0) is 11.2 Å². The second-order valence-electron chi connectivity index (χ2n) is 6.54. The van der Waals surface area contributed by atoms with Gasteiger partial charge in [0.2, 0.25) is 0 Å². The third-order valence-electron chi connectivity index (χ3n) is 4.57. The van der Waals surface area contributed by atoms with Gasteiger partial charge >= 0.3 is 5.97 Å². The summed E-state index contributed by atoms with van der Waals surface area (Å²) in [6.07, 6.45) is 2.51. The van der Waals surface area contributed by atoms with E-state index in [0.717, 1.165) is 23.4 Å². The van der Waals surface area contributed by atoms with Crippen LogP contribution in [0, 0.1) is 6.92 Å². The molecule has 0 aliphatic carbocycles. The second kappa shape index (κ2) is 9.01. The fourth-order valence-electron chi connectivity index (χ4n) is 2.98. The largest absolute Gasteiger partial charge is 0.465 e. The van der Waals surface area contributed by atoms with Gasteiger partial charge in [0.25, 0.3) is 5.91 Å². The molecule has 3 rings (SSSR count). The molecule has 0 fully saturated rings. The van der Waals surface area contributed by atoms with Gasteiger partial charge in [-0.1, -0.05) is 25.1 Å². The van der Waals surface area contributed by atoms with E-state index in [1.165, 1.54) is 12.7 Å². The highest BCUT2D eigenvalue weighted by molar-refractivity contribution is 6.03. The minimum Gasteiger partial charge on any atom is -0.465 e. The monoisotopic (exact) mass is 389 g/mol. The number of methoxy groups -OCH3 is 1. The van der Waals surface area contributed by atoms with Crippen molar-refractivity contribution in [1.82, 2.24) is 4.98 Å². The van der Waals surface area contributed by atoms with Gasteiger partial charge in [-0.2, -0.15) is 0 Å². The lowest BCUT2D eigenvalue weighted by Gasteiger charge is -2.14. The zero-order valence-corrected chi connectivity index (χ0v) is 16.7. The number of aryl methyl sites for hydroxylation is 2. The molecule has 0 spiro atoms. The smallest absolute Gasteiger partial charge is 0.337 e. The summed E-state index contributed by atoms with van der Waals surface area (Å²) in [7, 11) is 1.32. The highest BCUT2D eigenvalue weighted by Gasteiger charge is 2.11. The number of pyridine rings is 1. The summed E-state index contributed by atoms with van der Waals surface area (Å²) in [6.45, 7) is 4.16. The van der Waals surface area contributed by atoms with E-state index in [2.05, 4.69) is 33.3 Å². The standard InChI is InChI=1S/C23H23N3O3/c1-4-16-7-5-6-15(2)21(16)25-19-12-13-24-20(14-19)22(27)26-18-10-8-17(9-11-18)23(28)29-3/h5-14H,4H2,1-3H3,(H,24,25)(H,26,27). The van der Waals surface area contributed by atoms with Crippen LogP contribution in [0.25, 0.3) is 0 Å². The minimum atomic E-state index is -0.425. The number of para-hydroxylation sites is 1. The fourth-order valence-corrected chi connectivity index (χ4v) is 2.98. The molecule has 0 bridgehead atoms. The van der Waals surface area contributed by atoms with Gasteiger partial charge in [0.15, 0.2) is 0 Å². The molecule has 2 aromatic carbocycles. The SMILES string of the molecule is CCc1cccc(C)c1Nc1ccnc(C(=O)Nc2ccc(C(=O)OC)cc2)c1. The molecule has 148 valence electrons. The van der Waals surface area contributed by atoms with Gasteiger partial charge in [0.05, 0.1) is 12.7 Å². The molecule has 6 heteroatoms. The maximum atomic E-state index is 12.6. The molecule has 0 atom stereocenters. The van der Waals surface area contributed by atoms with Gasteiger partial charge in [-0.15, -0.1) is 0 Å². The number of esters is 1. The molecule has 0 aliphatic heterocycles. The Labute approximate surface area is 169 Å². The molecular weight excluding hydrogens is 366 g/mol. The van der Waals surface area contributed by atoms with Gasteiger partial charge in [0.1, 0.15) is 5.69 Å². The Bertz CT molecular complexity index is 1030. The molecule has 0 radical (unpaired) electrons. The number of benzene rings is 2. The van der Waals surface area contributed by atoms with Crippen LogP contribution in [0.1, 0.15) is 38.9 Å². The topological polar surface area (TPSA) is 80.3 Å². The third kappa shape index (κ3) is 4.79. The third-order valence-corrected chi connectivity index (χ3v) is 4.57. The zero-order valence-electron chi connectivity index (χ0n) is 16.7. The van der Waals surface area contributed by atoms with E-state index in [4.69, 9.17) is 0 Å². The first-order chi connectivity index (χ1) is 14.0.